The fourth-order valence-corrected chi connectivity index (χ4v) is 2.99. The number of aromatic nitrogens is 1. The van der Waals surface area contributed by atoms with E-state index < -0.39 is 0 Å². The first kappa shape index (κ1) is 18.4. The van der Waals surface area contributed by atoms with Gasteiger partial charge in [0.1, 0.15) is 5.52 Å². The molecule has 1 aromatic heterocycles. The number of benzene rings is 3. The first-order chi connectivity index (χ1) is 14.1. The monoisotopic (exact) mass is 385 g/mol. The molecule has 0 saturated carbocycles. The molecule has 0 aliphatic rings. The number of carbonyl (C=O) groups is 2. The van der Waals surface area contributed by atoms with Gasteiger partial charge < -0.3 is 15.1 Å². The SMILES string of the molecule is Cc1ccccc1-c1nc2ccc(NC(=O)CNC(=O)c3ccccc3)cc2o1. The van der Waals surface area contributed by atoms with Crippen LogP contribution in [0.5, 0.6) is 0 Å². The summed E-state index contributed by atoms with van der Waals surface area (Å²) in [4.78, 5) is 28.7. The Morgan fingerprint density at radius 3 is 2.52 bits per heavy atom. The zero-order valence-electron chi connectivity index (χ0n) is 15.8. The maximum atomic E-state index is 12.2. The van der Waals surface area contributed by atoms with E-state index in [-0.39, 0.29) is 18.4 Å². The van der Waals surface area contributed by atoms with Crippen LogP contribution in [-0.4, -0.2) is 23.3 Å². The summed E-state index contributed by atoms with van der Waals surface area (Å²) in [7, 11) is 0. The summed E-state index contributed by atoms with van der Waals surface area (Å²) in [6.07, 6.45) is 0. The lowest BCUT2D eigenvalue weighted by Gasteiger charge is -2.07. The van der Waals surface area contributed by atoms with E-state index in [9.17, 15) is 9.59 Å². The predicted octanol–water partition coefficient (Wildman–Crippen LogP) is 4.17. The fourth-order valence-electron chi connectivity index (χ4n) is 2.99. The summed E-state index contributed by atoms with van der Waals surface area (Å²) >= 11 is 0. The van der Waals surface area contributed by atoms with Crippen LogP contribution in [0, 0.1) is 6.92 Å². The third-order valence-corrected chi connectivity index (χ3v) is 4.49. The quantitative estimate of drug-likeness (QED) is 0.540. The number of amides is 2. The van der Waals surface area contributed by atoms with Crippen molar-refractivity contribution < 1.29 is 14.0 Å². The molecule has 0 unspecified atom stereocenters. The van der Waals surface area contributed by atoms with E-state index >= 15 is 0 Å². The Hall–Kier alpha value is -3.93. The third-order valence-electron chi connectivity index (χ3n) is 4.49. The molecule has 0 spiro atoms. The Labute approximate surface area is 167 Å². The van der Waals surface area contributed by atoms with Crippen molar-refractivity contribution in [1.82, 2.24) is 10.3 Å². The van der Waals surface area contributed by atoms with Gasteiger partial charge in [0.25, 0.3) is 5.91 Å². The van der Waals surface area contributed by atoms with Crippen LogP contribution >= 0.6 is 0 Å². The highest BCUT2D eigenvalue weighted by Gasteiger charge is 2.12. The molecule has 0 aliphatic carbocycles. The van der Waals surface area contributed by atoms with Crippen molar-refractivity contribution in [3.63, 3.8) is 0 Å². The molecule has 0 atom stereocenters. The van der Waals surface area contributed by atoms with E-state index in [4.69, 9.17) is 4.42 Å². The lowest BCUT2D eigenvalue weighted by atomic mass is 10.1. The van der Waals surface area contributed by atoms with Crippen LogP contribution in [0.1, 0.15) is 15.9 Å². The first-order valence-corrected chi connectivity index (χ1v) is 9.20. The van der Waals surface area contributed by atoms with Crippen LogP contribution in [0.3, 0.4) is 0 Å². The average Bonchev–Trinajstić information content (AvgIpc) is 3.16. The highest BCUT2D eigenvalue weighted by molar-refractivity contribution is 5.99. The number of hydrogen-bond acceptors (Lipinski definition) is 4. The normalized spacial score (nSPS) is 10.7. The van der Waals surface area contributed by atoms with E-state index in [0.29, 0.717) is 28.2 Å². The number of carbonyl (C=O) groups excluding carboxylic acids is 2. The molecule has 144 valence electrons. The Balaban J connectivity index is 1.44. The van der Waals surface area contributed by atoms with Crippen molar-refractivity contribution in [3.8, 4) is 11.5 Å². The Bertz CT molecular complexity index is 1180. The molecule has 4 rings (SSSR count). The second kappa shape index (κ2) is 7.98. The molecular weight excluding hydrogens is 366 g/mol. The molecular formula is C23H19N3O3. The van der Waals surface area contributed by atoms with E-state index in [1.165, 1.54) is 0 Å². The number of hydrogen-bond donors (Lipinski definition) is 2. The van der Waals surface area contributed by atoms with Crippen molar-refractivity contribution in [2.24, 2.45) is 0 Å². The van der Waals surface area contributed by atoms with Crippen molar-refractivity contribution in [2.75, 3.05) is 11.9 Å². The van der Waals surface area contributed by atoms with Gasteiger partial charge in [0, 0.05) is 22.9 Å². The van der Waals surface area contributed by atoms with Crippen LogP contribution in [-0.2, 0) is 4.79 Å². The summed E-state index contributed by atoms with van der Waals surface area (Å²) in [5.74, 6) is -0.0849. The largest absolute Gasteiger partial charge is 0.436 e. The molecule has 29 heavy (non-hydrogen) atoms. The van der Waals surface area contributed by atoms with Crippen LogP contribution in [0.4, 0.5) is 5.69 Å². The van der Waals surface area contributed by atoms with Gasteiger partial charge in [-0.2, -0.15) is 0 Å². The van der Waals surface area contributed by atoms with E-state index in [1.54, 1.807) is 42.5 Å². The number of fused-ring (bicyclic) bond motifs is 1. The van der Waals surface area contributed by atoms with Crippen LogP contribution < -0.4 is 10.6 Å². The Morgan fingerprint density at radius 2 is 1.72 bits per heavy atom. The standard InChI is InChI=1S/C23H19N3O3/c1-15-7-5-6-10-18(15)23-26-19-12-11-17(13-20(19)29-23)25-21(27)14-24-22(28)16-8-3-2-4-9-16/h2-13H,14H2,1H3,(H,24,28)(H,25,27). The van der Waals surface area contributed by atoms with E-state index in [1.807, 2.05) is 37.3 Å². The Morgan fingerprint density at radius 1 is 0.966 bits per heavy atom. The van der Waals surface area contributed by atoms with Gasteiger partial charge in [-0.25, -0.2) is 4.98 Å². The zero-order valence-corrected chi connectivity index (χ0v) is 15.8. The van der Waals surface area contributed by atoms with Gasteiger partial charge in [0.05, 0.1) is 6.54 Å². The summed E-state index contributed by atoms with van der Waals surface area (Å²) < 4.78 is 5.88. The topological polar surface area (TPSA) is 84.2 Å². The molecule has 3 aromatic carbocycles. The molecule has 0 aliphatic heterocycles. The summed E-state index contributed by atoms with van der Waals surface area (Å²) in [6, 6.07) is 21.9. The van der Waals surface area contributed by atoms with Gasteiger partial charge in [0.15, 0.2) is 5.58 Å². The number of oxazole rings is 1. The smallest absolute Gasteiger partial charge is 0.251 e. The van der Waals surface area contributed by atoms with Gasteiger partial charge in [-0.1, -0.05) is 36.4 Å². The molecule has 6 nitrogen and oxygen atoms in total. The predicted molar refractivity (Wildman–Crippen MR) is 112 cm³/mol. The second-order valence-electron chi connectivity index (χ2n) is 6.61. The van der Waals surface area contributed by atoms with E-state index in [2.05, 4.69) is 15.6 Å². The minimum Gasteiger partial charge on any atom is -0.436 e. The average molecular weight is 385 g/mol. The van der Waals surface area contributed by atoms with Gasteiger partial charge in [-0.15, -0.1) is 0 Å². The minimum absolute atomic E-state index is 0.128. The third kappa shape index (κ3) is 4.16. The fraction of sp³-hybridized carbons (Fsp3) is 0.0870. The maximum absolute atomic E-state index is 12.2. The summed E-state index contributed by atoms with van der Waals surface area (Å²) in [5.41, 5.74) is 4.36. The zero-order chi connectivity index (χ0) is 20.2. The number of nitrogens with zero attached hydrogens (tertiary/aromatic N) is 1. The van der Waals surface area contributed by atoms with Gasteiger partial charge in [0.2, 0.25) is 11.8 Å². The maximum Gasteiger partial charge on any atom is 0.251 e. The molecule has 6 heteroatoms. The Kier molecular flexibility index (Phi) is 5.07. The first-order valence-electron chi connectivity index (χ1n) is 9.20. The molecule has 1 heterocycles. The molecule has 0 bridgehead atoms. The van der Waals surface area contributed by atoms with Gasteiger partial charge in [-0.05, 0) is 42.8 Å². The van der Waals surface area contributed by atoms with Crippen LogP contribution in [0.2, 0.25) is 0 Å². The van der Waals surface area contributed by atoms with Crippen molar-refractivity contribution in [3.05, 3.63) is 83.9 Å². The number of rotatable bonds is 5. The molecule has 2 N–H and O–H groups in total. The van der Waals surface area contributed by atoms with Crippen molar-refractivity contribution in [1.29, 1.82) is 0 Å². The molecule has 2 amide bonds. The summed E-state index contributed by atoms with van der Waals surface area (Å²) in [6.45, 7) is 1.87. The summed E-state index contributed by atoms with van der Waals surface area (Å²) in [5, 5.41) is 5.36. The molecule has 4 aromatic rings. The lowest BCUT2D eigenvalue weighted by Crippen LogP contribution is -2.32. The number of nitrogens with one attached hydrogen (secondary N) is 2. The van der Waals surface area contributed by atoms with Gasteiger partial charge >= 0.3 is 0 Å². The van der Waals surface area contributed by atoms with Gasteiger partial charge in [-0.3, -0.25) is 9.59 Å². The van der Waals surface area contributed by atoms with Crippen molar-refractivity contribution in [2.45, 2.75) is 6.92 Å². The van der Waals surface area contributed by atoms with E-state index in [0.717, 1.165) is 11.1 Å². The van der Waals surface area contributed by atoms with Crippen molar-refractivity contribution >= 4 is 28.6 Å². The van der Waals surface area contributed by atoms with Crippen LogP contribution in [0.25, 0.3) is 22.6 Å². The lowest BCUT2D eigenvalue weighted by molar-refractivity contribution is -0.115. The second-order valence-corrected chi connectivity index (χ2v) is 6.61. The molecule has 0 fully saturated rings. The highest BCUT2D eigenvalue weighted by atomic mass is 16.3. The van der Waals surface area contributed by atoms with Crippen LogP contribution in [0.15, 0.2) is 77.2 Å². The number of anilines is 1. The number of aryl methyl sites for hydroxylation is 1. The molecule has 0 saturated heterocycles. The highest BCUT2D eigenvalue weighted by Crippen LogP contribution is 2.28. The minimum atomic E-state index is -0.327. The molecule has 0 radical (unpaired) electrons.